The van der Waals surface area contributed by atoms with E-state index < -0.39 is 40.2 Å². The molecule has 1 aromatic rings. The highest BCUT2D eigenvalue weighted by Gasteiger charge is 2.73. The normalized spacial score (nSPS) is 29.3. The molecule has 0 bridgehead atoms. The number of aromatic nitrogens is 2. The minimum absolute atomic E-state index is 0.0100. The first kappa shape index (κ1) is 22.0. The van der Waals surface area contributed by atoms with E-state index in [1.165, 1.54) is 31.4 Å². The molecule has 0 aromatic carbocycles. The van der Waals surface area contributed by atoms with E-state index in [1.807, 2.05) is 0 Å². The van der Waals surface area contributed by atoms with Gasteiger partial charge in [0.05, 0.1) is 24.2 Å². The van der Waals surface area contributed by atoms with E-state index in [9.17, 15) is 24.5 Å². The van der Waals surface area contributed by atoms with Crippen molar-refractivity contribution in [1.82, 2.24) is 19.9 Å². The SMILES string of the molecule is CCN(C1=C(C)C(=O)C2=C(C1=O)C(COC(N)=O)C1(OC)C3NC3CN21)n1ccnc1[N+](=O)[O-]. The van der Waals surface area contributed by atoms with Gasteiger partial charge in [-0.25, -0.2) is 9.80 Å². The molecule has 14 nitrogen and oxygen atoms in total. The van der Waals surface area contributed by atoms with E-state index in [4.69, 9.17) is 15.2 Å². The number of nitrogens with one attached hydrogen (secondary N) is 1. The zero-order chi connectivity index (χ0) is 24.5. The maximum absolute atomic E-state index is 14.0. The largest absolute Gasteiger partial charge is 0.457 e. The number of nitrogens with two attached hydrogens (primary N) is 1. The second-order valence-electron chi connectivity index (χ2n) is 8.44. The number of allylic oxidation sites excluding steroid dienone is 2. The molecule has 3 N–H and O–H groups in total. The lowest BCUT2D eigenvalue weighted by Gasteiger charge is -2.39. The van der Waals surface area contributed by atoms with Crippen LogP contribution < -0.4 is 16.1 Å². The molecule has 0 radical (unpaired) electrons. The van der Waals surface area contributed by atoms with Gasteiger partial charge in [0.2, 0.25) is 11.6 Å². The quantitative estimate of drug-likeness (QED) is 0.217. The number of imidazole rings is 1. The summed E-state index contributed by atoms with van der Waals surface area (Å²) in [6.07, 6.45) is 1.57. The Balaban J connectivity index is 1.63. The number of fused-ring (bicyclic) bond motifs is 4. The molecule has 4 aliphatic rings. The van der Waals surface area contributed by atoms with Crippen molar-refractivity contribution in [2.24, 2.45) is 11.7 Å². The van der Waals surface area contributed by atoms with E-state index in [2.05, 4.69) is 10.3 Å². The van der Waals surface area contributed by atoms with Crippen molar-refractivity contribution in [3.05, 3.63) is 45.0 Å². The zero-order valence-corrected chi connectivity index (χ0v) is 18.7. The zero-order valence-electron chi connectivity index (χ0n) is 18.7. The van der Waals surface area contributed by atoms with Crippen LogP contribution in [0.2, 0.25) is 0 Å². The fourth-order valence-corrected chi connectivity index (χ4v) is 5.61. The van der Waals surface area contributed by atoms with Crippen LogP contribution in [0, 0.1) is 16.0 Å². The third-order valence-corrected chi connectivity index (χ3v) is 6.98. The predicted octanol–water partition coefficient (Wildman–Crippen LogP) is -0.847. The Hall–Kier alpha value is -3.78. The fraction of sp³-hybridized carbons (Fsp3) is 0.500. The van der Waals surface area contributed by atoms with Crippen LogP contribution in [0.1, 0.15) is 13.8 Å². The summed E-state index contributed by atoms with van der Waals surface area (Å²) in [5.41, 5.74) is 4.58. The number of primary amides is 1. The van der Waals surface area contributed by atoms with Crippen molar-refractivity contribution in [3.8, 4) is 0 Å². The molecular weight excluding hydrogens is 450 g/mol. The first-order valence-corrected chi connectivity index (χ1v) is 10.7. The molecule has 2 fully saturated rings. The average molecular weight is 473 g/mol. The molecule has 1 aliphatic carbocycles. The molecule has 2 saturated heterocycles. The monoisotopic (exact) mass is 473 g/mol. The molecule has 5 rings (SSSR count). The minimum Gasteiger partial charge on any atom is -0.449 e. The van der Waals surface area contributed by atoms with E-state index in [0.29, 0.717) is 6.54 Å². The third-order valence-electron chi connectivity index (χ3n) is 6.98. The Morgan fingerprint density at radius 1 is 1.44 bits per heavy atom. The number of ether oxygens (including phenoxy) is 2. The lowest BCUT2D eigenvalue weighted by atomic mass is 9.82. The number of nitro groups is 1. The second kappa shape index (κ2) is 7.36. The number of piperazine rings is 1. The van der Waals surface area contributed by atoms with Gasteiger partial charge in [0.15, 0.2) is 5.72 Å². The number of methoxy groups -OCH3 is 1. The third kappa shape index (κ3) is 2.69. The van der Waals surface area contributed by atoms with Crippen LogP contribution >= 0.6 is 0 Å². The maximum atomic E-state index is 14.0. The Bertz CT molecular complexity index is 1200. The summed E-state index contributed by atoms with van der Waals surface area (Å²) in [5.74, 6) is -2.20. The summed E-state index contributed by atoms with van der Waals surface area (Å²) < 4.78 is 12.2. The molecule has 4 atom stereocenters. The molecule has 3 aliphatic heterocycles. The maximum Gasteiger partial charge on any atom is 0.457 e. The van der Waals surface area contributed by atoms with Gasteiger partial charge in [0, 0.05) is 30.8 Å². The van der Waals surface area contributed by atoms with Crippen LogP contribution in [0.5, 0.6) is 0 Å². The lowest BCUT2D eigenvalue weighted by Crippen LogP contribution is -2.55. The van der Waals surface area contributed by atoms with Crippen molar-refractivity contribution in [1.29, 1.82) is 0 Å². The molecular formula is C20H23N7O7. The van der Waals surface area contributed by atoms with E-state index in [-0.39, 0.29) is 47.8 Å². The minimum atomic E-state index is -1.11. The van der Waals surface area contributed by atoms with Crippen LogP contribution in [0.3, 0.4) is 0 Å². The van der Waals surface area contributed by atoms with Gasteiger partial charge in [-0.3, -0.25) is 9.59 Å². The molecule has 34 heavy (non-hydrogen) atoms. The number of amides is 1. The Morgan fingerprint density at radius 3 is 2.79 bits per heavy atom. The van der Waals surface area contributed by atoms with Gasteiger partial charge in [-0.2, -0.15) is 0 Å². The van der Waals surface area contributed by atoms with Crippen molar-refractivity contribution in [2.45, 2.75) is 31.7 Å². The topological polar surface area (TPSA) is 185 Å². The second-order valence-corrected chi connectivity index (χ2v) is 8.44. The molecule has 180 valence electrons. The van der Waals surface area contributed by atoms with Gasteiger partial charge >= 0.3 is 12.0 Å². The number of carbonyl (C=O) groups excluding carboxylic acids is 3. The first-order valence-electron chi connectivity index (χ1n) is 10.7. The van der Waals surface area contributed by atoms with Crippen LogP contribution in [0.4, 0.5) is 10.7 Å². The van der Waals surface area contributed by atoms with Crippen LogP contribution in [0.15, 0.2) is 34.9 Å². The molecule has 4 heterocycles. The Labute approximate surface area is 193 Å². The number of ketones is 2. The molecule has 0 saturated carbocycles. The number of carbonyl (C=O) groups is 3. The summed E-state index contributed by atoms with van der Waals surface area (Å²) in [7, 11) is 1.48. The van der Waals surface area contributed by atoms with Crippen molar-refractivity contribution in [2.75, 3.05) is 31.8 Å². The number of Topliss-reactive ketones (excluding diaryl/α,β-unsaturated/α-hetero) is 2. The highest BCUT2D eigenvalue weighted by molar-refractivity contribution is 6.26. The summed E-state index contributed by atoms with van der Waals surface area (Å²) in [6, 6.07) is -0.106. The standard InChI is InChI=1S/C20H23N7O7/c1-4-25(26-6-5-22-19(26)27(31)32)13-9(2)15(28)14-12(16(13)29)10(8-34-18(21)30)20(33-3)17-11(23-17)7-24(14)20/h5-6,10-11,17,23H,4,7-8H2,1-3H3,(H2,21,30). The van der Waals surface area contributed by atoms with Crippen molar-refractivity contribution >= 4 is 23.6 Å². The van der Waals surface area contributed by atoms with E-state index >= 15 is 0 Å². The highest BCUT2D eigenvalue weighted by Crippen LogP contribution is 2.56. The number of nitrogens with zero attached hydrogens (tertiary/aromatic N) is 5. The molecule has 4 unspecified atom stereocenters. The number of hydrogen-bond acceptors (Lipinski definition) is 11. The van der Waals surface area contributed by atoms with Gasteiger partial charge < -0.3 is 35.5 Å². The average Bonchev–Trinajstić information content (AvgIpc) is 3.17. The van der Waals surface area contributed by atoms with Crippen LogP contribution in [-0.4, -0.2) is 81.8 Å². The summed E-state index contributed by atoms with van der Waals surface area (Å²) in [4.78, 5) is 55.5. The first-order chi connectivity index (χ1) is 16.2. The Kier molecular flexibility index (Phi) is 4.77. The number of rotatable bonds is 7. The molecule has 1 aromatic heterocycles. The number of likely N-dealkylation sites (N-methyl/N-ethyl adjacent to an activating group) is 1. The fourth-order valence-electron chi connectivity index (χ4n) is 5.61. The lowest BCUT2D eigenvalue weighted by molar-refractivity contribution is -0.396. The predicted molar refractivity (Wildman–Crippen MR) is 114 cm³/mol. The van der Waals surface area contributed by atoms with Crippen LogP contribution in [0.25, 0.3) is 0 Å². The summed E-state index contributed by atoms with van der Waals surface area (Å²) in [6.45, 7) is 3.52. The highest BCUT2D eigenvalue weighted by atomic mass is 16.6. The van der Waals surface area contributed by atoms with E-state index in [1.54, 1.807) is 11.8 Å². The smallest absolute Gasteiger partial charge is 0.449 e. The van der Waals surface area contributed by atoms with Gasteiger partial charge in [0.25, 0.3) is 0 Å². The van der Waals surface area contributed by atoms with Gasteiger partial charge in [-0.15, -0.1) is 4.68 Å². The molecule has 1 amide bonds. The summed E-state index contributed by atoms with van der Waals surface area (Å²) in [5, 5.41) is 16.1. The Morgan fingerprint density at radius 2 is 2.18 bits per heavy atom. The number of hydrogen-bond donors (Lipinski definition) is 2. The van der Waals surface area contributed by atoms with Crippen molar-refractivity contribution in [3.63, 3.8) is 0 Å². The summed E-state index contributed by atoms with van der Waals surface area (Å²) >= 11 is 0. The van der Waals surface area contributed by atoms with Gasteiger partial charge in [-0.1, -0.05) is 4.98 Å². The van der Waals surface area contributed by atoms with Crippen molar-refractivity contribution < 1.29 is 28.8 Å². The molecule has 14 heteroatoms. The van der Waals surface area contributed by atoms with Crippen LogP contribution in [-0.2, 0) is 19.1 Å². The molecule has 0 spiro atoms. The van der Waals surface area contributed by atoms with Gasteiger partial charge in [-0.05, 0) is 18.8 Å². The van der Waals surface area contributed by atoms with Gasteiger partial charge in [0.1, 0.15) is 24.7 Å². The van der Waals surface area contributed by atoms with E-state index in [0.717, 1.165) is 4.68 Å².